The Morgan fingerprint density at radius 2 is 2.17 bits per heavy atom. The second kappa shape index (κ2) is 6.42. The second-order valence-corrected chi connectivity index (χ2v) is 6.87. The van der Waals surface area contributed by atoms with Crippen molar-refractivity contribution in [2.75, 3.05) is 5.75 Å². The van der Waals surface area contributed by atoms with Gasteiger partial charge in [0, 0.05) is 6.42 Å². The zero-order valence-electron chi connectivity index (χ0n) is 11.4. The summed E-state index contributed by atoms with van der Waals surface area (Å²) in [5, 5.41) is 0.551. The van der Waals surface area contributed by atoms with Crippen LogP contribution in [0.15, 0.2) is 18.2 Å². The highest BCUT2D eigenvalue weighted by molar-refractivity contribution is 8.00. The van der Waals surface area contributed by atoms with Crippen LogP contribution in [0.4, 0.5) is 0 Å². The van der Waals surface area contributed by atoms with Gasteiger partial charge in [-0.15, -0.1) is 0 Å². The molecule has 0 aromatic heterocycles. The van der Waals surface area contributed by atoms with Gasteiger partial charge >= 0.3 is 0 Å². The van der Waals surface area contributed by atoms with Crippen LogP contribution in [0.3, 0.4) is 0 Å². The minimum atomic E-state index is 0.393. The van der Waals surface area contributed by atoms with E-state index in [0.29, 0.717) is 23.2 Å². The Morgan fingerprint density at radius 3 is 2.94 bits per heavy atom. The summed E-state index contributed by atoms with van der Waals surface area (Å²) in [6.07, 6.45) is 5.35. The van der Waals surface area contributed by atoms with Crippen LogP contribution in [0.2, 0.25) is 0 Å². The standard InChI is InChI=1S/C16H22OS/c1-12(2)18-11-15(17)10-9-14-6-3-5-13-7-4-8-16(13)14/h3,5-6,12H,4,7-11H2,1-2H3. The molecule has 0 N–H and O–H groups in total. The third kappa shape index (κ3) is 3.61. The van der Waals surface area contributed by atoms with Crippen molar-refractivity contribution < 1.29 is 4.79 Å². The van der Waals surface area contributed by atoms with Gasteiger partial charge in [-0.1, -0.05) is 32.0 Å². The normalized spacial score (nSPS) is 13.9. The molecule has 2 heteroatoms. The Hall–Kier alpha value is -0.760. The van der Waals surface area contributed by atoms with Crippen LogP contribution in [-0.2, 0) is 24.1 Å². The summed E-state index contributed by atoms with van der Waals surface area (Å²) in [6, 6.07) is 6.59. The molecule has 1 aromatic rings. The van der Waals surface area contributed by atoms with Gasteiger partial charge in [0.2, 0.25) is 0 Å². The quantitative estimate of drug-likeness (QED) is 0.775. The number of thioether (sulfide) groups is 1. The number of fused-ring (bicyclic) bond motifs is 1. The molecule has 98 valence electrons. The van der Waals surface area contributed by atoms with Gasteiger partial charge in [0.1, 0.15) is 5.78 Å². The minimum absolute atomic E-state index is 0.393. The third-order valence-corrected chi connectivity index (χ3v) is 4.65. The average Bonchev–Trinajstić information content (AvgIpc) is 2.82. The van der Waals surface area contributed by atoms with Gasteiger partial charge in [0.25, 0.3) is 0 Å². The van der Waals surface area contributed by atoms with E-state index in [1.165, 1.54) is 36.0 Å². The van der Waals surface area contributed by atoms with Crippen molar-refractivity contribution >= 4 is 17.5 Å². The predicted octanol–water partition coefficient (Wildman–Crippen LogP) is 3.82. The first-order chi connectivity index (χ1) is 8.66. The van der Waals surface area contributed by atoms with E-state index in [0.717, 1.165) is 6.42 Å². The van der Waals surface area contributed by atoms with E-state index in [4.69, 9.17) is 0 Å². The summed E-state index contributed by atoms with van der Waals surface area (Å²) in [7, 11) is 0. The molecular formula is C16H22OS. The van der Waals surface area contributed by atoms with Crippen LogP contribution >= 0.6 is 11.8 Å². The van der Waals surface area contributed by atoms with E-state index < -0.39 is 0 Å². The minimum Gasteiger partial charge on any atom is -0.299 e. The fourth-order valence-corrected chi connectivity index (χ4v) is 3.20. The smallest absolute Gasteiger partial charge is 0.143 e. The molecule has 0 bridgehead atoms. The van der Waals surface area contributed by atoms with Gasteiger partial charge in [-0.25, -0.2) is 0 Å². The number of hydrogen-bond donors (Lipinski definition) is 0. The number of ketones is 1. The predicted molar refractivity (Wildman–Crippen MR) is 79.4 cm³/mol. The first-order valence-corrected chi connectivity index (χ1v) is 7.94. The van der Waals surface area contributed by atoms with Crippen molar-refractivity contribution in [2.24, 2.45) is 0 Å². The number of carbonyl (C=O) groups is 1. The van der Waals surface area contributed by atoms with Gasteiger partial charge < -0.3 is 0 Å². The maximum Gasteiger partial charge on any atom is 0.143 e. The molecule has 1 nitrogen and oxygen atoms in total. The summed E-state index contributed by atoms with van der Waals surface area (Å²) in [5.74, 6) is 1.07. The van der Waals surface area contributed by atoms with E-state index in [1.54, 1.807) is 11.8 Å². The maximum absolute atomic E-state index is 11.8. The summed E-state index contributed by atoms with van der Waals surface area (Å²) in [6.45, 7) is 4.28. The Bertz CT molecular complexity index is 423. The van der Waals surface area contributed by atoms with Crippen LogP contribution in [0.25, 0.3) is 0 Å². The average molecular weight is 262 g/mol. The van der Waals surface area contributed by atoms with Gasteiger partial charge in [0.15, 0.2) is 0 Å². The van der Waals surface area contributed by atoms with Crippen LogP contribution in [0, 0.1) is 0 Å². The first kappa shape index (κ1) is 13.7. The lowest BCUT2D eigenvalue weighted by Crippen LogP contribution is -2.06. The van der Waals surface area contributed by atoms with Crippen molar-refractivity contribution in [3.05, 3.63) is 34.9 Å². The molecule has 0 radical (unpaired) electrons. The van der Waals surface area contributed by atoms with Crippen molar-refractivity contribution in [1.82, 2.24) is 0 Å². The lowest BCUT2D eigenvalue weighted by molar-refractivity contribution is -0.116. The molecule has 18 heavy (non-hydrogen) atoms. The molecular weight excluding hydrogens is 240 g/mol. The Kier molecular flexibility index (Phi) is 4.87. The Labute approximate surface area is 114 Å². The number of benzene rings is 1. The lowest BCUT2D eigenvalue weighted by atomic mass is 9.99. The second-order valence-electron chi connectivity index (χ2n) is 5.31. The molecule has 2 rings (SSSR count). The fourth-order valence-electron chi connectivity index (χ4n) is 2.54. The summed E-state index contributed by atoms with van der Waals surface area (Å²) >= 11 is 1.75. The van der Waals surface area contributed by atoms with Gasteiger partial charge in [-0.3, -0.25) is 4.79 Å². The molecule has 0 atom stereocenters. The highest BCUT2D eigenvalue weighted by atomic mass is 32.2. The number of carbonyl (C=O) groups excluding carboxylic acids is 1. The van der Waals surface area contributed by atoms with Crippen LogP contribution < -0.4 is 0 Å². The molecule has 1 aromatic carbocycles. The molecule has 0 fully saturated rings. The van der Waals surface area contributed by atoms with Crippen molar-refractivity contribution in [1.29, 1.82) is 0 Å². The van der Waals surface area contributed by atoms with Gasteiger partial charge in [-0.05, 0) is 47.6 Å². The number of Topliss-reactive ketones (excluding diaryl/α,β-unsaturated/α-hetero) is 1. The molecule has 0 saturated carbocycles. The van der Waals surface area contributed by atoms with E-state index in [-0.39, 0.29) is 0 Å². The molecule has 0 heterocycles. The van der Waals surface area contributed by atoms with Crippen molar-refractivity contribution in [3.63, 3.8) is 0 Å². The van der Waals surface area contributed by atoms with Crippen molar-refractivity contribution in [2.45, 2.75) is 51.2 Å². The number of rotatable bonds is 6. The molecule has 1 aliphatic carbocycles. The van der Waals surface area contributed by atoms with Crippen LogP contribution in [-0.4, -0.2) is 16.8 Å². The van der Waals surface area contributed by atoms with Crippen molar-refractivity contribution in [3.8, 4) is 0 Å². The highest BCUT2D eigenvalue weighted by Gasteiger charge is 2.14. The summed E-state index contributed by atoms with van der Waals surface area (Å²) < 4.78 is 0. The summed E-state index contributed by atoms with van der Waals surface area (Å²) in [4.78, 5) is 11.8. The van der Waals surface area contributed by atoms with E-state index in [9.17, 15) is 4.79 Å². The largest absolute Gasteiger partial charge is 0.299 e. The van der Waals surface area contributed by atoms with E-state index in [2.05, 4.69) is 32.0 Å². The van der Waals surface area contributed by atoms with Gasteiger partial charge in [-0.2, -0.15) is 11.8 Å². The SMILES string of the molecule is CC(C)SCC(=O)CCc1cccc2c1CCC2. The lowest BCUT2D eigenvalue weighted by Gasteiger charge is -2.08. The fraction of sp³-hybridized carbons (Fsp3) is 0.562. The third-order valence-electron chi connectivity index (χ3n) is 3.49. The van der Waals surface area contributed by atoms with Gasteiger partial charge in [0.05, 0.1) is 5.75 Å². The van der Waals surface area contributed by atoms with Crippen LogP contribution in [0.1, 0.15) is 43.4 Å². The molecule has 0 amide bonds. The van der Waals surface area contributed by atoms with Crippen LogP contribution in [0.5, 0.6) is 0 Å². The Morgan fingerprint density at radius 1 is 1.33 bits per heavy atom. The maximum atomic E-state index is 11.8. The zero-order valence-corrected chi connectivity index (χ0v) is 12.2. The van der Waals surface area contributed by atoms with E-state index >= 15 is 0 Å². The van der Waals surface area contributed by atoms with E-state index in [1.807, 2.05) is 0 Å². The molecule has 0 aliphatic heterocycles. The molecule has 1 aliphatic rings. The summed E-state index contributed by atoms with van der Waals surface area (Å²) in [5.41, 5.74) is 4.45. The monoisotopic (exact) mass is 262 g/mol. The molecule has 0 spiro atoms. The molecule has 0 unspecified atom stereocenters. The zero-order chi connectivity index (χ0) is 13.0. The number of aryl methyl sites for hydroxylation is 2. The topological polar surface area (TPSA) is 17.1 Å². The first-order valence-electron chi connectivity index (χ1n) is 6.89. The Balaban J connectivity index is 1.87. The highest BCUT2D eigenvalue weighted by Crippen LogP contribution is 2.26. The molecule has 0 saturated heterocycles. The number of hydrogen-bond acceptors (Lipinski definition) is 2.